The summed E-state index contributed by atoms with van der Waals surface area (Å²) in [6.45, 7) is 16.4. The molecule has 0 bridgehead atoms. The fraction of sp³-hybridized carbons (Fsp3) is 0.295. The van der Waals surface area contributed by atoms with Crippen LogP contribution in [0, 0.1) is 27.7 Å². The van der Waals surface area contributed by atoms with Gasteiger partial charge in [-0.3, -0.25) is 14.4 Å². The number of carboxylic acids is 1. The number of carboxylic acid groups (broad SMARTS) is 1. The lowest BCUT2D eigenvalue weighted by Crippen LogP contribution is -2.39. The molecule has 3 atom stereocenters. The van der Waals surface area contributed by atoms with E-state index in [0.717, 1.165) is 174 Å². The fourth-order valence-electron chi connectivity index (χ4n) is 19.0. The van der Waals surface area contributed by atoms with E-state index in [9.17, 15) is 37.8 Å². The van der Waals surface area contributed by atoms with Crippen molar-refractivity contribution in [1.29, 1.82) is 0 Å². The number of esters is 1. The van der Waals surface area contributed by atoms with Crippen LogP contribution in [0.5, 0.6) is 0 Å². The summed E-state index contributed by atoms with van der Waals surface area (Å²) in [5.41, 5.74) is 19.0. The highest BCUT2D eigenvalue weighted by atomic mass is 19.4. The zero-order chi connectivity index (χ0) is 97.7. The van der Waals surface area contributed by atoms with Crippen LogP contribution in [0.3, 0.4) is 0 Å². The van der Waals surface area contributed by atoms with Gasteiger partial charge in [-0.1, -0.05) is 229 Å². The van der Waals surface area contributed by atoms with E-state index in [4.69, 9.17) is 25.1 Å². The Morgan fingerprint density at radius 2 is 0.631 bits per heavy atom. The number of hydrogen-bond acceptors (Lipinski definition) is 20. The van der Waals surface area contributed by atoms with Gasteiger partial charge >= 0.3 is 18.1 Å². The van der Waals surface area contributed by atoms with E-state index in [1.165, 1.54) is 42.0 Å². The van der Waals surface area contributed by atoms with Gasteiger partial charge in [-0.15, -0.1) is 0 Å². The molecule has 720 valence electrons. The van der Waals surface area contributed by atoms with Gasteiger partial charge in [-0.25, -0.2) is 58.6 Å². The molecule has 141 heavy (non-hydrogen) atoms. The molecule has 16 aromatic rings. The van der Waals surface area contributed by atoms with Gasteiger partial charge in [-0.2, -0.15) is 33.6 Å². The van der Waals surface area contributed by atoms with Crippen LogP contribution in [-0.4, -0.2) is 206 Å². The number of aliphatic carboxylic acids is 1. The number of nitrogens with zero attached hydrogens (tertiary/aromatic N) is 20. The van der Waals surface area contributed by atoms with Crippen molar-refractivity contribution in [1.82, 2.24) is 98.6 Å². The van der Waals surface area contributed by atoms with Gasteiger partial charge in [0.2, 0.25) is 5.91 Å². The van der Waals surface area contributed by atoms with E-state index < -0.39 is 29.7 Å². The summed E-state index contributed by atoms with van der Waals surface area (Å²) in [6.07, 6.45) is 15.7. The number of halogens is 3. The molecule has 4 fully saturated rings. The molecule has 26 nitrogen and oxygen atoms in total. The number of methoxy groups -OCH3 is 1. The number of aryl methyl sites for hydroxylation is 4. The molecular weight excluding hydrogens is 1780 g/mol. The Balaban J connectivity index is 0.000000130. The Morgan fingerprint density at radius 1 is 0.355 bits per heavy atom. The van der Waals surface area contributed by atoms with E-state index in [0.29, 0.717) is 87.1 Å². The van der Waals surface area contributed by atoms with E-state index in [-0.39, 0.29) is 35.7 Å². The van der Waals surface area contributed by atoms with Crippen LogP contribution in [0.4, 0.5) is 13.2 Å². The van der Waals surface area contributed by atoms with Crippen molar-refractivity contribution in [3.63, 3.8) is 0 Å². The molecule has 8 aromatic carbocycles. The van der Waals surface area contributed by atoms with Crippen LogP contribution in [0.1, 0.15) is 166 Å². The third-order valence-corrected chi connectivity index (χ3v) is 26.9. The second-order valence-corrected chi connectivity index (χ2v) is 36.6. The maximum atomic E-state index is 13.4. The van der Waals surface area contributed by atoms with Crippen molar-refractivity contribution >= 4 is 17.8 Å². The number of piperidine rings is 4. The first-order valence-electron chi connectivity index (χ1n) is 48.2. The molecule has 29 heteroatoms. The second-order valence-electron chi connectivity index (χ2n) is 36.6. The van der Waals surface area contributed by atoms with Crippen LogP contribution in [0.2, 0.25) is 0 Å². The largest absolute Gasteiger partial charge is 0.481 e. The first-order valence-corrected chi connectivity index (χ1v) is 48.2. The highest BCUT2D eigenvalue weighted by Crippen LogP contribution is 2.41. The van der Waals surface area contributed by atoms with Gasteiger partial charge in [0.05, 0.1) is 82.6 Å². The Hall–Kier alpha value is -15.0. The van der Waals surface area contributed by atoms with Gasteiger partial charge in [0.15, 0.2) is 0 Å². The molecule has 4 aliphatic rings. The van der Waals surface area contributed by atoms with Gasteiger partial charge in [0.25, 0.3) is 23.8 Å². The predicted octanol–water partition coefficient (Wildman–Crippen LogP) is 19.6. The van der Waals surface area contributed by atoms with Crippen molar-refractivity contribution in [3.05, 3.63) is 383 Å². The molecular formula is C112H115F3N20O6. The van der Waals surface area contributed by atoms with E-state index in [1.807, 2.05) is 154 Å². The minimum absolute atomic E-state index is 0.00386. The molecule has 4 aliphatic heterocycles. The molecule has 0 saturated carbocycles. The monoisotopic (exact) mass is 1890 g/mol. The molecule has 8 aromatic heterocycles. The molecule has 0 spiro atoms. The number of hydrogen-bond donors (Lipinski definition) is 2. The Bertz CT molecular complexity index is 6720. The SMILES string of the molecule is COC(=O)C(CN1CCC(c2cc(-c3ccc(C)cc3)nn2-c2ncccn2)CC1)c1ccccc1.Cc1ccc(-c2cc(C3CCN(C(=O)Cc4ccccc4C(F)(F)F)CC3)n(-c3ncccn3)n2)cc1.Cc1ccc(-c2cc(C3CCN(CC(C(=O)O)c4ccccc4)CC3)n(-c3ncccn3)n2)cc1.Cc1ccc(-c2cc(C3CCN(CC(O)c4ccccc4)CC3)n(-c3ncccn3)n2)cc1. The van der Waals surface area contributed by atoms with Crippen LogP contribution in [0.25, 0.3) is 68.8 Å². The Kier molecular flexibility index (Phi) is 31.9. The minimum atomic E-state index is -4.49. The first kappa shape index (κ1) is 97.6. The number of alkyl halides is 3. The fourth-order valence-corrected chi connectivity index (χ4v) is 19.0. The number of benzene rings is 8. The normalized spacial score (nSPS) is 15.5. The number of aliphatic hydroxyl groups excluding tert-OH is 1. The Morgan fingerprint density at radius 3 is 0.936 bits per heavy atom. The number of likely N-dealkylation sites (tertiary alicyclic amines) is 4. The molecule has 0 aliphatic carbocycles. The highest BCUT2D eigenvalue weighted by molar-refractivity contribution is 5.80. The minimum Gasteiger partial charge on any atom is -0.481 e. The van der Waals surface area contributed by atoms with Gasteiger partial charge in [-0.05, 0) is 195 Å². The standard InChI is InChI=1S/C29H31N5O2.C28H26F3N5O.C28H29N5O2.C27H29N5O/c1-21-9-11-23(12-10-21)26-19-27(34(32-26)29-30-15-6-16-31-29)24-13-17-33(18-14-24)20-25(28(35)36-2)22-7-4-3-5-8-22;1-19-7-9-20(10-8-19)24-18-25(36(34-24)27-32-13-4-14-33-27)21-11-15-35(16-12-21)26(37)17-22-5-2-3-6-23(22)28(29,30)31;1-20-8-10-22(11-9-20)25-18-26(33(31-25)28-29-14-5-15-30-28)23-12-16-32(17-13-23)19-24(27(34)35)21-6-3-2-4-7-21;1-20-8-10-21(11-9-20)24-18-25(32(30-24)27-28-14-5-15-29-27)22-12-16-31(17-13-22)19-26(33)23-6-3-2-4-7-23/h3-12,15-16,19,24-25H,13-14,17-18,20H2,1-2H3;2-10,13-14,18,21H,11-12,15-17H2,1H3;2-11,14-15,18,23-24H,12-13,16-17,19H2,1H3,(H,34,35);2-11,14-15,18,22,26,33H,12-13,16-17,19H2,1H3. The molecule has 1 amide bonds. The molecule has 2 N–H and O–H groups in total. The summed E-state index contributed by atoms with van der Waals surface area (Å²) in [6, 6.07) is 83.7. The zero-order valence-corrected chi connectivity index (χ0v) is 79.7. The summed E-state index contributed by atoms with van der Waals surface area (Å²) in [5, 5.41) is 40.0. The summed E-state index contributed by atoms with van der Waals surface area (Å²) in [4.78, 5) is 81.6. The summed E-state index contributed by atoms with van der Waals surface area (Å²) < 4.78 is 52.6. The quantitative estimate of drug-likeness (QED) is 0.0503. The number of β-amino-alcohol motifs (C(OH)–C–C–N with tert-alkyl or cyclic N) is 1. The zero-order valence-electron chi connectivity index (χ0n) is 79.7. The number of rotatable bonds is 25. The summed E-state index contributed by atoms with van der Waals surface area (Å²) in [7, 11) is 1.46. The predicted molar refractivity (Wildman–Crippen MR) is 536 cm³/mol. The van der Waals surface area contributed by atoms with E-state index in [2.05, 4.69) is 166 Å². The van der Waals surface area contributed by atoms with Crippen molar-refractivity contribution < 1.29 is 42.5 Å². The molecule has 3 unspecified atom stereocenters. The number of carbonyl (C=O) groups excluding carboxylic acids is 2. The smallest absolute Gasteiger partial charge is 0.416 e. The van der Waals surface area contributed by atoms with Gasteiger partial charge < -0.3 is 34.5 Å². The molecule has 12 heterocycles. The lowest BCUT2D eigenvalue weighted by molar-refractivity contribution is -0.143. The maximum absolute atomic E-state index is 13.4. The van der Waals surface area contributed by atoms with Crippen LogP contribution < -0.4 is 0 Å². The lowest BCUT2D eigenvalue weighted by Gasteiger charge is -2.33. The average molecular weight is 1890 g/mol. The third kappa shape index (κ3) is 24.8. The third-order valence-electron chi connectivity index (χ3n) is 26.9. The van der Waals surface area contributed by atoms with Crippen molar-refractivity contribution in [2.75, 3.05) is 79.1 Å². The number of aliphatic hydroxyl groups is 1. The van der Waals surface area contributed by atoms with E-state index in [1.54, 1.807) is 71.3 Å². The molecule has 0 radical (unpaired) electrons. The maximum Gasteiger partial charge on any atom is 0.416 e. The van der Waals surface area contributed by atoms with Crippen LogP contribution in [-0.2, 0) is 31.7 Å². The Labute approximate surface area is 818 Å². The van der Waals surface area contributed by atoms with E-state index >= 15 is 0 Å². The number of aromatic nitrogens is 16. The number of carbonyl (C=O) groups is 3. The average Bonchev–Trinajstić information content (AvgIpc) is 1.67. The second kappa shape index (κ2) is 46.2. The van der Waals surface area contributed by atoms with Crippen LogP contribution >= 0.6 is 0 Å². The van der Waals surface area contributed by atoms with Crippen molar-refractivity contribution in [2.45, 2.75) is 133 Å². The van der Waals surface area contributed by atoms with Gasteiger partial charge in [0, 0.05) is 128 Å². The van der Waals surface area contributed by atoms with Crippen LogP contribution in [0.15, 0.2) is 310 Å². The first-order chi connectivity index (χ1) is 68.7. The van der Waals surface area contributed by atoms with Crippen molar-refractivity contribution in [2.24, 2.45) is 0 Å². The molecule has 4 saturated heterocycles. The molecule has 20 rings (SSSR count). The summed E-state index contributed by atoms with van der Waals surface area (Å²) in [5.74, 6) is 1.24. The van der Waals surface area contributed by atoms with Gasteiger partial charge in [0.1, 0.15) is 0 Å². The summed E-state index contributed by atoms with van der Waals surface area (Å²) >= 11 is 0. The highest BCUT2D eigenvalue weighted by Gasteiger charge is 2.37. The van der Waals surface area contributed by atoms with Crippen molar-refractivity contribution in [3.8, 4) is 68.8 Å². The number of amides is 1. The lowest BCUT2D eigenvalue weighted by atomic mass is 9.91. The number of ether oxygens (including phenoxy) is 1. The topological polar surface area (TPSA) is 288 Å².